The molecule has 0 saturated heterocycles. The molecule has 0 aliphatic rings. The highest BCUT2D eigenvalue weighted by Gasteiger charge is 2.17. The minimum atomic E-state index is -0.603. The number of nitrogens with one attached hydrogen (secondary N) is 2. The molecule has 0 saturated carbocycles. The Bertz CT molecular complexity index is 455. The van der Waals surface area contributed by atoms with Gasteiger partial charge in [0.25, 0.3) is 0 Å². The molecule has 0 aliphatic heterocycles. The highest BCUT2D eigenvalue weighted by atomic mass is 16.2. The highest BCUT2D eigenvalue weighted by Crippen LogP contribution is 2.06. The van der Waals surface area contributed by atoms with Crippen molar-refractivity contribution in [2.24, 2.45) is 11.7 Å². The number of nitrogens with zero attached hydrogens (tertiary/aromatic N) is 2. The summed E-state index contributed by atoms with van der Waals surface area (Å²) in [6.07, 6.45) is 2.54. The van der Waals surface area contributed by atoms with Gasteiger partial charge in [-0.1, -0.05) is 20.8 Å². The first-order chi connectivity index (χ1) is 9.45. The third-order valence-electron chi connectivity index (χ3n) is 2.86. The van der Waals surface area contributed by atoms with Crippen molar-refractivity contribution in [3.05, 3.63) is 12.3 Å². The van der Waals surface area contributed by atoms with Gasteiger partial charge in [-0.25, -0.2) is 4.68 Å². The van der Waals surface area contributed by atoms with Crippen molar-refractivity contribution >= 4 is 17.6 Å². The van der Waals surface area contributed by atoms with E-state index >= 15 is 0 Å². The summed E-state index contributed by atoms with van der Waals surface area (Å²) in [5.74, 6) is 0.0349. The van der Waals surface area contributed by atoms with E-state index in [9.17, 15) is 9.59 Å². The van der Waals surface area contributed by atoms with Gasteiger partial charge in [-0.2, -0.15) is 5.10 Å². The zero-order valence-corrected chi connectivity index (χ0v) is 12.2. The van der Waals surface area contributed by atoms with Crippen LogP contribution in [0.25, 0.3) is 0 Å². The van der Waals surface area contributed by atoms with E-state index in [1.54, 1.807) is 16.9 Å². The van der Waals surface area contributed by atoms with E-state index < -0.39 is 6.04 Å². The number of rotatable bonds is 7. The minimum absolute atomic E-state index is 0.0315. The van der Waals surface area contributed by atoms with Gasteiger partial charge in [0.15, 0.2) is 0 Å². The molecule has 0 spiro atoms. The van der Waals surface area contributed by atoms with Crippen LogP contribution in [-0.4, -0.2) is 34.2 Å². The first-order valence-electron chi connectivity index (χ1n) is 6.80. The summed E-state index contributed by atoms with van der Waals surface area (Å²) in [5, 5.41) is 9.33. The first-order valence-corrected chi connectivity index (χ1v) is 6.80. The Hall–Kier alpha value is -1.89. The normalized spacial score (nSPS) is 12.2. The van der Waals surface area contributed by atoms with Crippen LogP contribution < -0.4 is 16.4 Å². The van der Waals surface area contributed by atoms with Gasteiger partial charge in [0.05, 0.1) is 18.8 Å². The number of amides is 2. The van der Waals surface area contributed by atoms with Crippen LogP contribution in [0.5, 0.6) is 0 Å². The van der Waals surface area contributed by atoms with Crippen LogP contribution in [0.3, 0.4) is 0 Å². The van der Waals surface area contributed by atoms with Crippen molar-refractivity contribution in [3.8, 4) is 0 Å². The van der Waals surface area contributed by atoms with E-state index in [-0.39, 0.29) is 24.3 Å². The van der Waals surface area contributed by atoms with Crippen molar-refractivity contribution in [2.75, 3.05) is 11.9 Å². The van der Waals surface area contributed by atoms with Crippen LogP contribution in [-0.2, 0) is 16.1 Å². The molecule has 1 aromatic heterocycles. The summed E-state index contributed by atoms with van der Waals surface area (Å²) in [7, 11) is 0. The number of nitrogens with two attached hydrogens (primary N) is 1. The summed E-state index contributed by atoms with van der Waals surface area (Å²) >= 11 is 0. The van der Waals surface area contributed by atoms with E-state index in [4.69, 9.17) is 5.73 Å². The lowest BCUT2D eigenvalue weighted by molar-refractivity contribution is -0.125. The maximum Gasteiger partial charge on any atom is 0.244 e. The maximum absolute atomic E-state index is 11.8. The summed E-state index contributed by atoms with van der Waals surface area (Å²) < 4.78 is 1.71. The number of aryl methyl sites for hydroxylation is 1. The van der Waals surface area contributed by atoms with E-state index in [0.29, 0.717) is 5.82 Å². The van der Waals surface area contributed by atoms with Gasteiger partial charge in [-0.05, 0) is 12.3 Å². The van der Waals surface area contributed by atoms with E-state index in [1.807, 2.05) is 20.8 Å². The second kappa shape index (κ2) is 7.64. The third kappa shape index (κ3) is 4.65. The molecule has 20 heavy (non-hydrogen) atoms. The predicted octanol–water partition coefficient (Wildman–Crippen LogP) is 0.331. The number of carbonyl (C=O) groups excluding carboxylic acids is 2. The first kappa shape index (κ1) is 16.2. The number of aromatic nitrogens is 2. The van der Waals surface area contributed by atoms with Crippen LogP contribution >= 0.6 is 0 Å². The predicted molar refractivity (Wildman–Crippen MR) is 77.0 cm³/mol. The summed E-state index contributed by atoms with van der Waals surface area (Å²) in [6, 6.07) is 1.11. The molecule has 0 unspecified atom stereocenters. The molecule has 2 amide bonds. The quantitative estimate of drug-likeness (QED) is 0.670. The minimum Gasteiger partial charge on any atom is -0.346 e. The Morgan fingerprint density at radius 2 is 2.15 bits per heavy atom. The van der Waals surface area contributed by atoms with Gasteiger partial charge in [0.1, 0.15) is 5.82 Å². The lowest BCUT2D eigenvalue weighted by Crippen LogP contribution is -2.46. The molecule has 112 valence electrons. The monoisotopic (exact) mass is 281 g/mol. The van der Waals surface area contributed by atoms with Gasteiger partial charge >= 0.3 is 0 Å². The molecule has 1 atom stereocenters. The van der Waals surface area contributed by atoms with Gasteiger partial charge in [-0.3, -0.25) is 9.59 Å². The van der Waals surface area contributed by atoms with Crippen LogP contribution in [0, 0.1) is 5.92 Å². The van der Waals surface area contributed by atoms with Crippen LogP contribution in [0.4, 0.5) is 5.82 Å². The second-order valence-electron chi connectivity index (χ2n) is 4.98. The summed E-state index contributed by atoms with van der Waals surface area (Å²) in [5.41, 5.74) is 5.69. The Labute approximate surface area is 118 Å². The maximum atomic E-state index is 11.8. The lowest BCUT2D eigenvalue weighted by atomic mass is 10.1. The van der Waals surface area contributed by atoms with Crippen molar-refractivity contribution in [2.45, 2.75) is 39.8 Å². The van der Waals surface area contributed by atoms with Crippen molar-refractivity contribution < 1.29 is 9.59 Å². The molecule has 0 aromatic carbocycles. The third-order valence-corrected chi connectivity index (χ3v) is 2.86. The molecular formula is C13H23N5O2. The Balaban J connectivity index is 2.44. The average Bonchev–Trinajstić information content (AvgIpc) is 2.82. The molecule has 0 radical (unpaired) electrons. The van der Waals surface area contributed by atoms with Gasteiger partial charge < -0.3 is 16.4 Å². The highest BCUT2D eigenvalue weighted by molar-refractivity contribution is 5.94. The number of carbonyl (C=O) groups is 2. The van der Waals surface area contributed by atoms with E-state index in [1.165, 1.54) is 0 Å². The fraction of sp³-hybridized carbons (Fsp3) is 0.615. The van der Waals surface area contributed by atoms with Gasteiger partial charge in [0.2, 0.25) is 11.8 Å². The van der Waals surface area contributed by atoms with Gasteiger partial charge in [-0.15, -0.1) is 0 Å². The molecule has 0 aliphatic carbocycles. The molecule has 7 nitrogen and oxygen atoms in total. The Kier molecular flexibility index (Phi) is 6.17. The zero-order chi connectivity index (χ0) is 15.1. The molecule has 0 bridgehead atoms. The molecule has 7 heteroatoms. The molecule has 4 N–H and O–H groups in total. The second-order valence-corrected chi connectivity index (χ2v) is 4.98. The number of hydrogen-bond donors (Lipinski definition) is 3. The molecule has 1 heterocycles. The number of anilines is 1. The molecule has 1 rings (SSSR count). The van der Waals surface area contributed by atoms with Crippen molar-refractivity contribution in [3.63, 3.8) is 0 Å². The van der Waals surface area contributed by atoms with Crippen molar-refractivity contribution in [1.29, 1.82) is 0 Å². The zero-order valence-electron chi connectivity index (χ0n) is 12.2. The molecule has 1 aromatic rings. The Morgan fingerprint density at radius 1 is 1.45 bits per heavy atom. The largest absolute Gasteiger partial charge is 0.346 e. The van der Waals surface area contributed by atoms with Crippen LogP contribution in [0.15, 0.2) is 12.3 Å². The lowest BCUT2D eigenvalue weighted by Gasteiger charge is -2.15. The molecular weight excluding hydrogens is 258 g/mol. The smallest absolute Gasteiger partial charge is 0.244 e. The standard InChI is InChI=1S/C13H23N5O2/c1-4-7-18-10(5-6-16-18)17-11(19)8-15-13(20)12(14)9(2)3/h5-6,9,12H,4,7-8,14H2,1-3H3,(H,15,20)(H,17,19)/t12-/m0/s1. The fourth-order valence-electron chi connectivity index (χ4n) is 1.60. The van der Waals surface area contributed by atoms with Crippen LogP contribution in [0.2, 0.25) is 0 Å². The topological polar surface area (TPSA) is 102 Å². The van der Waals surface area contributed by atoms with Crippen molar-refractivity contribution in [1.82, 2.24) is 15.1 Å². The molecule has 0 fully saturated rings. The average molecular weight is 281 g/mol. The van der Waals surface area contributed by atoms with E-state index in [0.717, 1.165) is 13.0 Å². The SMILES string of the molecule is CCCn1nccc1NC(=O)CNC(=O)[C@@H](N)C(C)C. The summed E-state index contributed by atoms with van der Waals surface area (Å²) in [4.78, 5) is 23.4. The van der Waals surface area contributed by atoms with E-state index in [2.05, 4.69) is 15.7 Å². The number of hydrogen-bond acceptors (Lipinski definition) is 4. The summed E-state index contributed by atoms with van der Waals surface area (Å²) in [6.45, 7) is 6.37. The Morgan fingerprint density at radius 3 is 2.75 bits per heavy atom. The van der Waals surface area contributed by atoms with Gasteiger partial charge in [0, 0.05) is 12.6 Å². The fourth-order valence-corrected chi connectivity index (χ4v) is 1.60. The van der Waals surface area contributed by atoms with Crippen LogP contribution in [0.1, 0.15) is 27.2 Å².